The highest BCUT2D eigenvalue weighted by Gasteiger charge is 2.52. The number of rotatable bonds is 2. The van der Waals surface area contributed by atoms with Crippen LogP contribution in [0.15, 0.2) is 87.7 Å². The van der Waals surface area contributed by atoms with Gasteiger partial charge in [0.15, 0.2) is 0 Å². The van der Waals surface area contributed by atoms with Crippen molar-refractivity contribution < 1.29 is 18.1 Å². The van der Waals surface area contributed by atoms with E-state index in [1.54, 1.807) is 0 Å². The molecule has 2 aromatic heterocycles. The molecular formula is C30H25BO4. The molecule has 0 N–H and O–H groups in total. The van der Waals surface area contributed by atoms with Crippen molar-refractivity contribution in [2.24, 2.45) is 0 Å². The molecule has 35 heavy (non-hydrogen) atoms. The molecule has 1 fully saturated rings. The van der Waals surface area contributed by atoms with Gasteiger partial charge in [0, 0.05) is 27.1 Å². The summed E-state index contributed by atoms with van der Waals surface area (Å²) in [6.45, 7) is 8.32. The second kappa shape index (κ2) is 7.00. The Bertz CT molecular complexity index is 1760. The molecule has 1 saturated heterocycles. The molecule has 0 bridgehead atoms. The molecule has 6 aromatic rings. The minimum absolute atomic E-state index is 0.427. The topological polar surface area (TPSA) is 44.7 Å². The SMILES string of the molecule is CC1(C)OB(c2ccc(-c3cccc4oc5ccccc5c34)c3oc4ccccc4c23)OC1(C)C. The number of fused-ring (bicyclic) bond motifs is 6. The van der Waals surface area contributed by atoms with Crippen LogP contribution in [0, 0.1) is 0 Å². The molecule has 4 aromatic carbocycles. The zero-order valence-electron chi connectivity index (χ0n) is 20.2. The van der Waals surface area contributed by atoms with E-state index in [-0.39, 0.29) is 0 Å². The van der Waals surface area contributed by atoms with Gasteiger partial charge in [-0.05, 0) is 56.9 Å². The number of para-hydroxylation sites is 2. The first-order valence-electron chi connectivity index (χ1n) is 12.0. The Kier molecular flexibility index (Phi) is 4.16. The molecule has 1 aliphatic rings. The van der Waals surface area contributed by atoms with Crippen LogP contribution >= 0.6 is 0 Å². The summed E-state index contributed by atoms with van der Waals surface area (Å²) in [6, 6.07) is 26.8. The lowest BCUT2D eigenvalue weighted by atomic mass is 9.75. The molecule has 0 radical (unpaired) electrons. The Labute approximate surface area is 203 Å². The fraction of sp³-hybridized carbons (Fsp3) is 0.200. The van der Waals surface area contributed by atoms with Gasteiger partial charge in [0.1, 0.15) is 22.3 Å². The Morgan fingerprint density at radius 3 is 1.86 bits per heavy atom. The second-order valence-electron chi connectivity index (χ2n) is 10.4. The largest absolute Gasteiger partial charge is 0.495 e. The quantitative estimate of drug-likeness (QED) is 0.252. The number of furan rings is 2. The van der Waals surface area contributed by atoms with Crippen LogP contribution in [0.4, 0.5) is 0 Å². The van der Waals surface area contributed by atoms with E-state index in [1.807, 2.05) is 48.5 Å². The lowest BCUT2D eigenvalue weighted by molar-refractivity contribution is 0.00578. The molecule has 0 spiro atoms. The summed E-state index contributed by atoms with van der Waals surface area (Å²) in [7, 11) is -0.483. The highest BCUT2D eigenvalue weighted by Crippen LogP contribution is 2.42. The summed E-state index contributed by atoms with van der Waals surface area (Å²) >= 11 is 0. The molecule has 1 aliphatic heterocycles. The summed E-state index contributed by atoms with van der Waals surface area (Å²) in [6.07, 6.45) is 0. The first kappa shape index (κ1) is 20.8. The van der Waals surface area contributed by atoms with E-state index in [4.69, 9.17) is 18.1 Å². The van der Waals surface area contributed by atoms with Crippen molar-refractivity contribution in [2.75, 3.05) is 0 Å². The molecule has 0 amide bonds. The van der Waals surface area contributed by atoms with Gasteiger partial charge in [-0.25, -0.2) is 0 Å². The van der Waals surface area contributed by atoms with E-state index >= 15 is 0 Å². The third kappa shape index (κ3) is 2.89. The van der Waals surface area contributed by atoms with Crippen LogP contribution in [0.2, 0.25) is 0 Å². The van der Waals surface area contributed by atoms with E-state index in [9.17, 15) is 0 Å². The average Bonchev–Trinajstić information content (AvgIpc) is 3.47. The monoisotopic (exact) mass is 460 g/mol. The molecule has 0 atom stereocenters. The number of benzene rings is 4. The van der Waals surface area contributed by atoms with E-state index in [1.165, 1.54) is 0 Å². The summed E-state index contributed by atoms with van der Waals surface area (Å²) in [5.74, 6) is 0. The molecule has 7 rings (SSSR count). The zero-order valence-corrected chi connectivity index (χ0v) is 20.2. The molecule has 3 heterocycles. The Hall–Kier alpha value is -3.54. The smallest absolute Gasteiger partial charge is 0.456 e. The maximum Gasteiger partial charge on any atom is 0.495 e. The van der Waals surface area contributed by atoms with E-state index in [0.29, 0.717) is 0 Å². The van der Waals surface area contributed by atoms with Crippen LogP contribution in [0.3, 0.4) is 0 Å². The third-order valence-electron chi connectivity index (χ3n) is 7.76. The molecule has 0 aliphatic carbocycles. The predicted molar refractivity (Wildman–Crippen MR) is 142 cm³/mol. The van der Waals surface area contributed by atoms with E-state index in [2.05, 4.69) is 58.0 Å². The van der Waals surface area contributed by atoms with Crippen LogP contribution in [0.1, 0.15) is 27.7 Å². The minimum atomic E-state index is -0.483. The maximum atomic E-state index is 6.54. The first-order chi connectivity index (χ1) is 16.8. The lowest BCUT2D eigenvalue weighted by Crippen LogP contribution is -2.41. The van der Waals surface area contributed by atoms with Crippen molar-refractivity contribution in [3.8, 4) is 11.1 Å². The fourth-order valence-corrected chi connectivity index (χ4v) is 5.23. The van der Waals surface area contributed by atoms with Gasteiger partial charge < -0.3 is 18.1 Å². The number of hydrogen-bond donors (Lipinski definition) is 0. The molecule has 172 valence electrons. The summed E-state index contributed by atoms with van der Waals surface area (Å²) in [4.78, 5) is 0. The van der Waals surface area contributed by atoms with Crippen LogP contribution in [0.25, 0.3) is 55.0 Å². The second-order valence-corrected chi connectivity index (χ2v) is 10.4. The Balaban J connectivity index is 1.54. The van der Waals surface area contributed by atoms with Gasteiger partial charge in [-0.1, -0.05) is 60.7 Å². The van der Waals surface area contributed by atoms with E-state index in [0.717, 1.165) is 60.5 Å². The molecule has 0 unspecified atom stereocenters. The average molecular weight is 460 g/mol. The van der Waals surface area contributed by atoms with Gasteiger partial charge >= 0.3 is 7.12 Å². The van der Waals surface area contributed by atoms with Gasteiger partial charge in [-0.2, -0.15) is 0 Å². The van der Waals surface area contributed by atoms with Gasteiger partial charge in [0.05, 0.1) is 11.2 Å². The molecule has 5 heteroatoms. The van der Waals surface area contributed by atoms with E-state index < -0.39 is 18.3 Å². The summed E-state index contributed by atoms with van der Waals surface area (Å²) in [5.41, 5.74) is 5.65. The summed E-state index contributed by atoms with van der Waals surface area (Å²) < 4.78 is 25.6. The molecule has 0 saturated carbocycles. The van der Waals surface area contributed by atoms with Crippen molar-refractivity contribution in [3.63, 3.8) is 0 Å². The first-order valence-corrected chi connectivity index (χ1v) is 12.0. The Morgan fingerprint density at radius 2 is 1.14 bits per heavy atom. The van der Waals surface area contributed by atoms with Gasteiger partial charge in [0.2, 0.25) is 0 Å². The lowest BCUT2D eigenvalue weighted by Gasteiger charge is -2.32. The fourth-order valence-electron chi connectivity index (χ4n) is 5.23. The van der Waals surface area contributed by atoms with Crippen molar-refractivity contribution in [2.45, 2.75) is 38.9 Å². The van der Waals surface area contributed by atoms with Crippen LogP contribution in [-0.4, -0.2) is 18.3 Å². The van der Waals surface area contributed by atoms with Crippen molar-refractivity contribution >= 4 is 56.5 Å². The highest BCUT2D eigenvalue weighted by molar-refractivity contribution is 6.66. The number of hydrogen-bond acceptors (Lipinski definition) is 4. The van der Waals surface area contributed by atoms with Gasteiger partial charge in [-0.15, -0.1) is 0 Å². The van der Waals surface area contributed by atoms with Gasteiger partial charge in [0.25, 0.3) is 0 Å². The van der Waals surface area contributed by atoms with Crippen LogP contribution in [-0.2, 0) is 9.31 Å². The maximum absolute atomic E-state index is 6.54. The summed E-state index contributed by atoms with van der Waals surface area (Å²) in [5, 5.41) is 4.27. The Morgan fingerprint density at radius 1 is 0.543 bits per heavy atom. The van der Waals surface area contributed by atoms with Crippen molar-refractivity contribution in [3.05, 3.63) is 78.9 Å². The third-order valence-corrected chi connectivity index (χ3v) is 7.76. The van der Waals surface area contributed by atoms with Crippen molar-refractivity contribution in [1.29, 1.82) is 0 Å². The van der Waals surface area contributed by atoms with Gasteiger partial charge in [-0.3, -0.25) is 0 Å². The zero-order chi connectivity index (χ0) is 23.9. The highest BCUT2D eigenvalue weighted by atomic mass is 16.7. The predicted octanol–water partition coefficient (Wildman–Crippen LogP) is 7.45. The standard InChI is InChI=1S/C30H25BO4/c1-29(2)30(3,4)35-31(34-29)22-17-16-19(28-27(22)21-11-6-8-14-24(21)33-28)18-12-9-15-25-26(18)20-10-5-7-13-23(20)32-25/h5-17H,1-4H3. The normalized spacial score (nSPS) is 17.3. The molecular weight excluding hydrogens is 435 g/mol. The molecule has 4 nitrogen and oxygen atoms in total. The van der Waals surface area contributed by atoms with Crippen LogP contribution in [0.5, 0.6) is 0 Å². The minimum Gasteiger partial charge on any atom is -0.456 e. The van der Waals surface area contributed by atoms with Crippen LogP contribution < -0.4 is 5.46 Å². The van der Waals surface area contributed by atoms with Crippen molar-refractivity contribution in [1.82, 2.24) is 0 Å².